The standard InChI is InChI=1S/C21H29N5O3/c1-15-5-3-6-17(22-15)7-11-25-12-8-18(27)21(13-25)9-4-10-26(14-21)20(28)19-16(2)23-29-24-19/h3,5-6,18,27H,4,7-14H2,1-2H3/t18-,21-/m1/s1. The molecule has 4 heterocycles. The van der Waals surface area contributed by atoms with Gasteiger partial charge in [0, 0.05) is 55.9 Å². The number of carbonyl (C=O) groups is 1. The Morgan fingerprint density at radius 2 is 2.14 bits per heavy atom. The van der Waals surface area contributed by atoms with Gasteiger partial charge in [0.2, 0.25) is 0 Å². The Labute approximate surface area is 170 Å². The number of hydrogen-bond donors (Lipinski definition) is 1. The molecule has 0 radical (unpaired) electrons. The lowest BCUT2D eigenvalue weighted by Gasteiger charge is -2.51. The van der Waals surface area contributed by atoms with Crippen molar-refractivity contribution in [2.24, 2.45) is 5.41 Å². The topological polar surface area (TPSA) is 95.6 Å². The second-order valence-electron chi connectivity index (χ2n) is 8.49. The molecule has 0 bridgehead atoms. The van der Waals surface area contributed by atoms with Gasteiger partial charge in [-0.1, -0.05) is 11.2 Å². The number of piperidine rings is 2. The van der Waals surface area contributed by atoms with Crippen LogP contribution in [-0.4, -0.2) is 74.9 Å². The van der Waals surface area contributed by atoms with E-state index in [4.69, 9.17) is 4.63 Å². The van der Waals surface area contributed by atoms with Gasteiger partial charge in [-0.05, 0) is 50.4 Å². The minimum Gasteiger partial charge on any atom is -0.392 e. The van der Waals surface area contributed by atoms with Crippen LogP contribution >= 0.6 is 0 Å². The van der Waals surface area contributed by atoms with Gasteiger partial charge in [0.1, 0.15) is 5.69 Å². The maximum absolute atomic E-state index is 12.9. The molecule has 0 aliphatic carbocycles. The van der Waals surface area contributed by atoms with E-state index in [0.29, 0.717) is 18.8 Å². The normalized spacial score (nSPS) is 25.5. The Hall–Kier alpha value is -2.32. The number of aromatic nitrogens is 3. The van der Waals surface area contributed by atoms with Crippen molar-refractivity contribution in [3.05, 3.63) is 41.0 Å². The molecule has 2 aliphatic rings. The molecular formula is C21H29N5O3. The number of carbonyl (C=O) groups excluding carboxylic acids is 1. The third-order valence-corrected chi connectivity index (χ3v) is 6.35. The van der Waals surface area contributed by atoms with Gasteiger partial charge in [-0.15, -0.1) is 0 Å². The number of aliphatic hydroxyl groups is 1. The van der Waals surface area contributed by atoms with Crippen LogP contribution in [0.15, 0.2) is 22.8 Å². The molecule has 8 heteroatoms. The number of amides is 1. The SMILES string of the molecule is Cc1cccc(CCN2CC[C@@H](O)[C@]3(CCCN(C(=O)c4nonc4C)C3)C2)n1. The van der Waals surface area contributed by atoms with E-state index in [1.165, 1.54) is 0 Å². The van der Waals surface area contributed by atoms with E-state index in [0.717, 1.165) is 56.7 Å². The van der Waals surface area contributed by atoms with Crippen molar-refractivity contribution in [3.8, 4) is 0 Å². The fourth-order valence-electron chi connectivity index (χ4n) is 4.75. The molecule has 4 rings (SSSR count). The zero-order chi connectivity index (χ0) is 20.4. The first kappa shape index (κ1) is 20.0. The van der Waals surface area contributed by atoms with E-state index >= 15 is 0 Å². The molecule has 2 atom stereocenters. The molecule has 1 N–H and O–H groups in total. The summed E-state index contributed by atoms with van der Waals surface area (Å²) in [4.78, 5) is 21.7. The van der Waals surface area contributed by atoms with E-state index in [2.05, 4.69) is 26.3 Å². The minimum absolute atomic E-state index is 0.156. The number of likely N-dealkylation sites (tertiary alicyclic amines) is 2. The van der Waals surface area contributed by atoms with Gasteiger partial charge in [-0.2, -0.15) is 0 Å². The summed E-state index contributed by atoms with van der Waals surface area (Å²) < 4.78 is 4.70. The maximum atomic E-state index is 12.9. The Kier molecular flexibility index (Phi) is 5.65. The summed E-state index contributed by atoms with van der Waals surface area (Å²) in [5.41, 5.74) is 2.62. The maximum Gasteiger partial charge on any atom is 0.278 e. The number of hydrogen-bond acceptors (Lipinski definition) is 7. The van der Waals surface area contributed by atoms with Crippen LogP contribution in [0.1, 0.15) is 46.8 Å². The van der Waals surface area contributed by atoms with E-state index in [9.17, 15) is 9.90 Å². The van der Waals surface area contributed by atoms with E-state index in [-0.39, 0.29) is 17.0 Å². The highest BCUT2D eigenvalue weighted by molar-refractivity contribution is 5.93. The molecule has 1 spiro atoms. The molecule has 2 aliphatic heterocycles. The third kappa shape index (κ3) is 4.18. The van der Waals surface area contributed by atoms with Crippen LogP contribution in [0.4, 0.5) is 0 Å². The van der Waals surface area contributed by atoms with Crippen molar-refractivity contribution in [3.63, 3.8) is 0 Å². The Morgan fingerprint density at radius 3 is 2.90 bits per heavy atom. The van der Waals surface area contributed by atoms with Gasteiger partial charge in [-0.3, -0.25) is 9.78 Å². The summed E-state index contributed by atoms with van der Waals surface area (Å²) >= 11 is 0. The molecule has 2 aromatic heterocycles. The molecule has 156 valence electrons. The monoisotopic (exact) mass is 399 g/mol. The van der Waals surface area contributed by atoms with Crippen molar-refractivity contribution in [2.75, 3.05) is 32.7 Å². The predicted molar refractivity (Wildman–Crippen MR) is 106 cm³/mol. The molecule has 2 fully saturated rings. The largest absolute Gasteiger partial charge is 0.392 e. The van der Waals surface area contributed by atoms with Crippen LogP contribution in [0, 0.1) is 19.3 Å². The first-order valence-electron chi connectivity index (χ1n) is 10.4. The summed E-state index contributed by atoms with van der Waals surface area (Å²) in [6.07, 6.45) is 3.02. The smallest absolute Gasteiger partial charge is 0.278 e. The summed E-state index contributed by atoms with van der Waals surface area (Å²) in [7, 11) is 0. The van der Waals surface area contributed by atoms with Gasteiger partial charge < -0.3 is 14.9 Å². The van der Waals surface area contributed by atoms with Crippen molar-refractivity contribution < 1.29 is 14.5 Å². The summed E-state index contributed by atoms with van der Waals surface area (Å²) in [5.74, 6) is -0.156. The van der Waals surface area contributed by atoms with Crippen LogP contribution in [-0.2, 0) is 6.42 Å². The van der Waals surface area contributed by atoms with Crippen LogP contribution in [0.3, 0.4) is 0 Å². The second kappa shape index (κ2) is 8.20. The molecule has 1 amide bonds. The highest BCUT2D eigenvalue weighted by atomic mass is 16.6. The summed E-state index contributed by atoms with van der Waals surface area (Å²) in [5, 5.41) is 18.4. The quantitative estimate of drug-likeness (QED) is 0.834. The van der Waals surface area contributed by atoms with Gasteiger partial charge in [0.05, 0.1) is 6.10 Å². The van der Waals surface area contributed by atoms with E-state index < -0.39 is 6.10 Å². The van der Waals surface area contributed by atoms with Gasteiger partial charge >= 0.3 is 0 Å². The zero-order valence-corrected chi connectivity index (χ0v) is 17.2. The zero-order valence-electron chi connectivity index (χ0n) is 17.2. The Bertz CT molecular complexity index is 870. The lowest BCUT2D eigenvalue weighted by molar-refractivity contribution is -0.0784. The summed E-state index contributed by atoms with van der Waals surface area (Å²) in [6, 6.07) is 6.12. The van der Waals surface area contributed by atoms with Crippen molar-refractivity contribution >= 4 is 5.91 Å². The fraction of sp³-hybridized carbons (Fsp3) is 0.619. The number of pyridine rings is 1. The van der Waals surface area contributed by atoms with Crippen LogP contribution in [0.5, 0.6) is 0 Å². The first-order chi connectivity index (χ1) is 14.0. The average molecular weight is 399 g/mol. The van der Waals surface area contributed by atoms with Crippen LogP contribution in [0.25, 0.3) is 0 Å². The second-order valence-corrected chi connectivity index (χ2v) is 8.49. The lowest BCUT2D eigenvalue weighted by Crippen LogP contribution is -2.60. The Balaban J connectivity index is 1.43. The third-order valence-electron chi connectivity index (χ3n) is 6.35. The minimum atomic E-state index is -0.400. The molecule has 0 aromatic carbocycles. The van der Waals surface area contributed by atoms with E-state index in [1.54, 1.807) is 6.92 Å². The fourth-order valence-corrected chi connectivity index (χ4v) is 4.75. The van der Waals surface area contributed by atoms with Crippen molar-refractivity contribution in [1.82, 2.24) is 25.1 Å². The molecule has 8 nitrogen and oxygen atoms in total. The van der Waals surface area contributed by atoms with Crippen LogP contribution in [0.2, 0.25) is 0 Å². The average Bonchev–Trinajstić information content (AvgIpc) is 3.14. The molecule has 0 saturated carbocycles. The highest BCUT2D eigenvalue weighted by Crippen LogP contribution is 2.39. The van der Waals surface area contributed by atoms with Crippen molar-refractivity contribution in [2.45, 2.75) is 45.6 Å². The Morgan fingerprint density at radius 1 is 1.28 bits per heavy atom. The lowest BCUT2D eigenvalue weighted by atomic mass is 9.71. The van der Waals surface area contributed by atoms with E-state index in [1.807, 2.05) is 24.0 Å². The molecule has 2 aromatic rings. The molecular weight excluding hydrogens is 370 g/mol. The predicted octanol–water partition coefficient (Wildman–Crippen LogP) is 1.61. The van der Waals surface area contributed by atoms with Gasteiger partial charge in [0.15, 0.2) is 5.69 Å². The number of rotatable bonds is 4. The number of aryl methyl sites for hydroxylation is 2. The summed E-state index contributed by atoms with van der Waals surface area (Å²) in [6.45, 7) is 7.51. The van der Waals surface area contributed by atoms with Gasteiger partial charge in [0.25, 0.3) is 5.91 Å². The van der Waals surface area contributed by atoms with Crippen molar-refractivity contribution in [1.29, 1.82) is 0 Å². The number of aliphatic hydroxyl groups excluding tert-OH is 1. The van der Waals surface area contributed by atoms with Crippen LogP contribution < -0.4 is 0 Å². The highest BCUT2D eigenvalue weighted by Gasteiger charge is 2.46. The van der Waals surface area contributed by atoms with Gasteiger partial charge in [-0.25, -0.2) is 4.63 Å². The molecule has 2 saturated heterocycles. The molecule has 0 unspecified atom stereocenters. The first-order valence-corrected chi connectivity index (χ1v) is 10.4. The molecule has 29 heavy (non-hydrogen) atoms. The number of nitrogens with zero attached hydrogens (tertiary/aromatic N) is 5.